The fraction of sp³-hybridized carbons (Fsp3) is 1.00. The monoisotopic (exact) mass is 308 g/mol. The van der Waals surface area contributed by atoms with Crippen molar-refractivity contribution in [3.05, 3.63) is 0 Å². The largest absolute Gasteiger partial charge is 0.385 e. The summed E-state index contributed by atoms with van der Waals surface area (Å²) in [6, 6.07) is 0.459. The van der Waals surface area contributed by atoms with Gasteiger partial charge in [-0.1, -0.05) is 0 Å². The zero-order valence-corrected chi connectivity index (χ0v) is 13.9. The number of piperazine rings is 1. The van der Waals surface area contributed by atoms with Crippen LogP contribution in [0.4, 0.5) is 0 Å². The van der Waals surface area contributed by atoms with E-state index >= 15 is 0 Å². The van der Waals surface area contributed by atoms with E-state index in [2.05, 4.69) is 18.7 Å². The number of sulfonamides is 1. The van der Waals surface area contributed by atoms with Crippen molar-refractivity contribution >= 4 is 10.0 Å². The topological polar surface area (TPSA) is 59.1 Å². The predicted octanol–water partition coefficient (Wildman–Crippen LogP) is 0.394. The molecular formula is C13H28N2O4S. The molecule has 1 aliphatic heterocycles. The molecule has 0 aromatic rings. The maximum atomic E-state index is 12.2. The lowest BCUT2D eigenvalue weighted by molar-refractivity contribution is 0.0663. The number of nitrogens with zero attached hydrogens (tertiary/aromatic N) is 2. The van der Waals surface area contributed by atoms with Gasteiger partial charge < -0.3 is 9.47 Å². The first-order chi connectivity index (χ1) is 9.42. The zero-order valence-electron chi connectivity index (χ0n) is 13.0. The van der Waals surface area contributed by atoms with Crippen LogP contribution in [-0.4, -0.2) is 82.5 Å². The lowest BCUT2D eigenvalue weighted by Gasteiger charge is -2.43. The fourth-order valence-electron chi connectivity index (χ4n) is 2.69. The Bertz CT molecular complexity index is 363. The van der Waals surface area contributed by atoms with Gasteiger partial charge in [0.25, 0.3) is 0 Å². The standard InChI is InChI=1S/C13H28N2O4S/c1-12-10-14(20(16,17)9-8-19-4)11-13(2)15(12)6-5-7-18-3/h12-13H,5-11H2,1-4H3. The molecule has 0 aliphatic carbocycles. The third-order valence-corrected chi connectivity index (χ3v) is 5.54. The second-order valence-electron chi connectivity index (χ2n) is 5.41. The Hall–Kier alpha value is -0.210. The van der Waals surface area contributed by atoms with Crippen LogP contribution in [0.3, 0.4) is 0 Å². The third kappa shape index (κ3) is 4.96. The summed E-state index contributed by atoms with van der Waals surface area (Å²) in [4.78, 5) is 2.36. The van der Waals surface area contributed by atoms with E-state index in [1.165, 1.54) is 7.11 Å². The summed E-state index contributed by atoms with van der Waals surface area (Å²) >= 11 is 0. The average molecular weight is 308 g/mol. The van der Waals surface area contributed by atoms with Crippen molar-refractivity contribution in [1.29, 1.82) is 0 Å². The van der Waals surface area contributed by atoms with Gasteiger partial charge in [0.05, 0.1) is 12.4 Å². The first-order valence-corrected chi connectivity index (χ1v) is 8.74. The van der Waals surface area contributed by atoms with E-state index in [0.717, 1.165) is 19.6 Å². The molecule has 0 amide bonds. The van der Waals surface area contributed by atoms with Gasteiger partial charge in [0.1, 0.15) is 0 Å². The molecule has 20 heavy (non-hydrogen) atoms. The summed E-state index contributed by atoms with van der Waals surface area (Å²) in [5.74, 6) is 0.0621. The molecule has 0 N–H and O–H groups in total. The van der Waals surface area contributed by atoms with Gasteiger partial charge >= 0.3 is 0 Å². The van der Waals surface area contributed by atoms with Gasteiger partial charge in [0.15, 0.2) is 0 Å². The fourth-order valence-corrected chi connectivity index (χ4v) is 4.21. The van der Waals surface area contributed by atoms with E-state index in [-0.39, 0.29) is 24.4 Å². The molecule has 1 aliphatic rings. The van der Waals surface area contributed by atoms with E-state index in [9.17, 15) is 8.42 Å². The normalized spacial score (nSPS) is 26.0. The van der Waals surface area contributed by atoms with Crippen LogP contribution in [0.5, 0.6) is 0 Å². The Kier molecular flexibility index (Phi) is 7.39. The molecule has 2 unspecified atom stereocenters. The maximum Gasteiger partial charge on any atom is 0.216 e. The third-order valence-electron chi connectivity index (χ3n) is 3.77. The van der Waals surface area contributed by atoms with Gasteiger partial charge in [-0.05, 0) is 20.3 Å². The van der Waals surface area contributed by atoms with E-state index < -0.39 is 10.0 Å². The maximum absolute atomic E-state index is 12.2. The van der Waals surface area contributed by atoms with Gasteiger partial charge in [-0.15, -0.1) is 0 Å². The van der Waals surface area contributed by atoms with Crippen LogP contribution in [0.2, 0.25) is 0 Å². The highest BCUT2D eigenvalue weighted by Crippen LogP contribution is 2.19. The van der Waals surface area contributed by atoms with Crippen LogP contribution in [0.15, 0.2) is 0 Å². The predicted molar refractivity (Wildman–Crippen MR) is 79.4 cm³/mol. The summed E-state index contributed by atoms with van der Waals surface area (Å²) in [5.41, 5.74) is 0. The molecule has 0 spiro atoms. The van der Waals surface area contributed by atoms with Gasteiger partial charge in [0, 0.05) is 52.5 Å². The van der Waals surface area contributed by atoms with Gasteiger partial charge in [-0.25, -0.2) is 8.42 Å². The summed E-state index contributed by atoms with van der Waals surface area (Å²) in [5, 5.41) is 0. The molecule has 0 aromatic heterocycles. The summed E-state index contributed by atoms with van der Waals surface area (Å²) in [6.45, 7) is 7.22. The molecule has 0 saturated carbocycles. The lowest BCUT2D eigenvalue weighted by Crippen LogP contribution is -2.58. The molecule has 120 valence electrons. The Morgan fingerprint density at radius 1 is 1.05 bits per heavy atom. The highest BCUT2D eigenvalue weighted by molar-refractivity contribution is 7.89. The number of hydrogen-bond donors (Lipinski definition) is 0. The van der Waals surface area contributed by atoms with Crippen LogP contribution >= 0.6 is 0 Å². The van der Waals surface area contributed by atoms with Crippen LogP contribution in [-0.2, 0) is 19.5 Å². The van der Waals surface area contributed by atoms with Crippen molar-refractivity contribution in [2.75, 3.05) is 52.8 Å². The summed E-state index contributed by atoms with van der Waals surface area (Å²) in [6.07, 6.45) is 0.974. The molecule has 7 heteroatoms. The number of ether oxygens (including phenoxy) is 2. The van der Waals surface area contributed by atoms with Gasteiger partial charge in [-0.3, -0.25) is 4.90 Å². The van der Waals surface area contributed by atoms with Crippen molar-refractivity contribution < 1.29 is 17.9 Å². The highest BCUT2D eigenvalue weighted by Gasteiger charge is 2.34. The van der Waals surface area contributed by atoms with Crippen LogP contribution in [0, 0.1) is 0 Å². The number of methoxy groups -OCH3 is 2. The average Bonchev–Trinajstić information content (AvgIpc) is 2.39. The summed E-state index contributed by atoms with van der Waals surface area (Å²) in [7, 11) is 0.0210. The van der Waals surface area contributed by atoms with Crippen molar-refractivity contribution in [3.63, 3.8) is 0 Å². The number of hydrogen-bond acceptors (Lipinski definition) is 5. The molecule has 1 heterocycles. The minimum Gasteiger partial charge on any atom is -0.385 e. The molecule has 2 atom stereocenters. The molecule has 0 aromatic carbocycles. The minimum absolute atomic E-state index is 0.0621. The van der Waals surface area contributed by atoms with Crippen LogP contribution in [0.25, 0.3) is 0 Å². The molecule has 1 rings (SSSR count). The van der Waals surface area contributed by atoms with Crippen molar-refractivity contribution in [2.45, 2.75) is 32.4 Å². The first kappa shape index (κ1) is 17.8. The quantitative estimate of drug-likeness (QED) is 0.607. The summed E-state index contributed by atoms with van der Waals surface area (Å²) < 4.78 is 36.0. The molecule has 6 nitrogen and oxygen atoms in total. The van der Waals surface area contributed by atoms with Gasteiger partial charge in [0.2, 0.25) is 10.0 Å². The SMILES string of the molecule is COCCCN1C(C)CN(S(=O)(=O)CCOC)CC1C. The molecular weight excluding hydrogens is 280 g/mol. The second kappa shape index (κ2) is 8.29. The molecule has 1 saturated heterocycles. The van der Waals surface area contributed by atoms with Crippen LogP contribution < -0.4 is 0 Å². The molecule has 0 bridgehead atoms. The smallest absolute Gasteiger partial charge is 0.216 e. The van der Waals surface area contributed by atoms with Crippen molar-refractivity contribution in [2.24, 2.45) is 0 Å². The van der Waals surface area contributed by atoms with Crippen LogP contribution in [0.1, 0.15) is 20.3 Å². The van der Waals surface area contributed by atoms with Crippen molar-refractivity contribution in [3.8, 4) is 0 Å². The van der Waals surface area contributed by atoms with E-state index in [4.69, 9.17) is 9.47 Å². The van der Waals surface area contributed by atoms with Crippen molar-refractivity contribution in [1.82, 2.24) is 9.21 Å². The zero-order chi connectivity index (χ0) is 15.2. The Morgan fingerprint density at radius 2 is 1.60 bits per heavy atom. The Balaban J connectivity index is 2.58. The molecule has 0 radical (unpaired) electrons. The second-order valence-corrected chi connectivity index (χ2v) is 7.50. The van der Waals surface area contributed by atoms with E-state index in [1.54, 1.807) is 11.4 Å². The van der Waals surface area contributed by atoms with Gasteiger partial charge in [-0.2, -0.15) is 4.31 Å². The van der Waals surface area contributed by atoms with E-state index in [0.29, 0.717) is 13.1 Å². The minimum atomic E-state index is -3.20. The Labute approximate surface area is 123 Å². The van der Waals surface area contributed by atoms with E-state index in [1.807, 2.05) is 0 Å². The lowest BCUT2D eigenvalue weighted by atomic mass is 10.1. The molecule has 1 fully saturated rings. The highest BCUT2D eigenvalue weighted by atomic mass is 32.2. The number of rotatable bonds is 8. The Morgan fingerprint density at radius 3 is 2.10 bits per heavy atom. The first-order valence-electron chi connectivity index (χ1n) is 7.13.